The average Bonchev–Trinajstić information content (AvgIpc) is 2.45. The predicted octanol–water partition coefficient (Wildman–Crippen LogP) is -0.174. The van der Waals surface area contributed by atoms with Gasteiger partial charge in [-0.3, -0.25) is 9.59 Å². The van der Waals surface area contributed by atoms with Gasteiger partial charge in [0.05, 0.1) is 13.7 Å². The van der Waals surface area contributed by atoms with Crippen LogP contribution in [-0.4, -0.2) is 38.2 Å². The lowest BCUT2D eigenvalue weighted by Crippen LogP contribution is -2.53. The van der Waals surface area contributed by atoms with Gasteiger partial charge in [-0.2, -0.15) is 0 Å². The van der Waals surface area contributed by atoms with Crippen LogP contribution in [-0.2, 0) is 20.9 Å². The third-order valence-electron chi connectivity index (χ3n) is 2.80. The summed E-state index contributed by atoms with van der Waals surface area (Å²) in [6, 6.07) is 6.78. The summed E-state index contributed by atoms with van der Waals surface area (Å²) in [4.78, 5) is 22.9. The smallest absolute Gasteiger partial charge is 0.246 e. The highest BCUT2D eigenvalue weighted by Crippen LogP contribution is 2.10. The first-order valence-corrected chi connectivity index (χ1v) is 5.97. The van der Waals surface area contributed by atoms with Gasteiger partial charge in [-0.25, -0.2) is 0 Å². The highest BCUT2D eigenvalue weighted by atomic mass is 16.5. The number of carbonyl (C=O) groups excluding carboxylic acids is 2. The molecule has 1 fully saturated rings. The second kappa shape index (κ2) is 6.19. The van der Waals surface area contributed by atoms with Gasteiger partial charge in [-0.05, 0) is 17.7 Å². The van der Waals surface area contributed by atoms with Gasteiger partial charge in [0.2, 0.25) is 11.8 Å². The van der Waals surface area contributed by atoms with Crippen molar-refractivity contribution < 1.29 is 19.1 Å². The first-order chi connectivity index (χ1) is 9.19. The van der Waals surface area contributed by atoms with Crippen LogP contribution in [0.1, 0.15) is 5.56 Å². The highest BCUT2D eigenvalue weighted by Gasteiger charge is 2.24. The molecule has 0 aromatic heterocycles. The molecule has 2 amide bonds. The third-order valence-corrected chi connectivity index (χ3v) is 2.80. The number of nitrogens with one attached hydrogen (secondary N) is 2. The van der Waals surface area contributed by atoms with Crippen molar-refractivity contribution in [2.24, 2.45) is 0 Å². The molecular formula is C13H16N2O4. The standard InChI is InChI=1S/C13H16N2O4/c1-18-10-4-2-9(3-5-10)6-14-13(17)11-7-19-8-12(16)15-11/h2-5,11H,6-8H2,1H3,(H,14,17)(H,15,16). The zero-order valence-corrected chi connectivity index (χ0v) is 10.6. The van der Waals surface area contributed by atoms with E-state index < -0.39 is 6.04 Å². The van der Waals surface area contributed by atoms with Gasteiger partial charge >= 0.3 is 0 Å². The van der Waals surface area contributed by atoms with Crippen LogP contribution in [0.25, 0.3) is 0 Å². The number of hydrogen-bond acceptors (Lipinski definition) is 4. The molecule has 102 valence electrons. The number of rotatable bonds is 4. The number of benzene rings is 1. The van der Waals surface area contributed by atoms with E-state index in [9.17, 15) is 9.59 Å². The summed E-state index contributed by atoms with van der Waals surface area (Å²) in [7, 11) is 1.60. The summed E-state index contributed by atoms with van der Waals surface area (Å²) < 4.78 is 10.1. The molecule has 6 nitrogen and oxygen atoms in total. The van der Waals surface area contributed by atoms with Crippen LogP contribution < -0.4 is 15.4 Å². The average molecular weight is 264 g/mol. The van der Waals surface area contributed by atoms with Crippen LogP contribution in [0.4, 0.5) is 0 Å². The van der Waals surface area contributed by atoms with E-state index in [1.165, 1.54) is 0 Å². The normalized spacial score (nSPS) is 18.6. The molecule has 2 N–H and O–H groups in total. The minimum absolute atomic E-state index is 0.0161. The maximum Gasteiger partial charge on any atom is 0.246 e. The molecule has 1 aromatic carbocycles. The zero-order valence-electron chi connectivity index (χ0n) is 10.6. The molecule has 1 aliphatic rings. The van der Waals surface area contributed by atoms with Gasteiger partial charge in [-0.1, -0.05) is 12.1 Å². The van der Waals surface area contributed by atoms with E-state index in [1.54, 1.807) is 7.11 Å². The quantitative estimate of drug-likeness (QED) is 0.791. The van der Waals surface area contributed by atoms with Gasteiger partial charge in [0, 0.05) is 6.54 Å². The minimum Gasteiger partial charge on any atom is -0.497 e. The second-order valence-electron chi connectivity index (χ2n) is 4.20. The fourth-order valence-electron chi connectivity index (χ4n) is 1.74. The topological polar surface area (TPSA) is 76.7 Å². The molecule has 1 saturated heterocycles. The van der Waals surface area contributed by atoms with E-state index in [1.807, 2.05) is 24.3 Å². The Morgan fingerprint density at radius 1 is 1.47 bits per heavy atom. The fraction of sp³-hybridized carbons (Fsp3) is 0.385. The molecule has 0 bridgehead atoms. The molecule has 2 rings (SSSR count). The molecule has 1 heterocycles. The van der Waals surface area contributed by atoms with Crippen LogP contribution in [0.3, 0.4) is 0 Å². The maximum absolute atomic E-state index is 11.8. The van der Waals surface area contributed by atoms with Crippen LogP contribution in [0.15, 0.2) is 24.3 Å². The Balaban J connectivity index is 1.83. The van der Waals surface area contributed by atoms with Crippen molar-refractivity contribution in [3.63, 3.8) is 0 Å². The first kappa shape index (κ1) is 13.4. The molecule has 0 radical (unpaired) electrons. The van der Waals surface area contributed by atoms with Crippen molar-refractivity contribution in [1.82, 2.24) is 10.6 Å². The molecule has 0 saturated carbocycles. The highest BCUT2D eigenvalue weighted by molar-refractivity contribution is 5.89. The Morgan fingerprint density at radius 2 is 2.21 bits per heavy atom. The largest absolute Gasteiger partial charge is 0.497 e. The molecule has 1 atom stereocenters. The van der Waals surface area contributed by atoms with Crippen LogP contribution in [0.5, 0.6) is 5.75 Å². The van der Waals surface area contributed by atoms with E-state index in [4.69, 9.17) is 9.47 Å². The summed E-state index contributed by atoms with van der Waals surface area (Å²) in [6.07, 6.45) is 0. The number of methoxy groups -OCH3 is 1. The first-order valence-electron chi connectivity index (χ1n) is 5.97. The maximum atomic E-state index is 11.8. The molecule has 19 heavy (non-hydrogen) atoms. The number of carbonyl (C=O) groups is 2. The lowest BCUT2D eigenvalue weighted by atomic mass is 10.2. The lowest BCUT2D eigenvalue weighted by Gasteiger charge is -2.22. The van der Waals surface area contributed by atoms with Gasteiger partial charge in [0.25, 0.3) is 0 Å². The number of morpholine rings is 1. The summed E-state index contributed by atoms with van der Waals surface area (Å²) in [5.41, 5.74) is 0.956. The zero-order chi connectivity index (χ0) is 13.7. The minimum atomic E-state index is -0.612. The molecular weight excluding hydrogens is 248 g/mol. The summed E-state index contributed by atoms with van der Waals surface area (Å²) >= 11 is 0. The van der Waals surface area contributed by atoms with E-state index in [2.05, 4.69) is 10.6 Å². The van der Waals surface area contributed by atoms with Gasteiger partial charge in [0.15, 0.2) is 0 Å². The molecule has 0 spiro atoms. The second-order valence-corrected chi connectivity index (χ2v) is 4.20. The van der Waals surface area contributed by atoms with Crippen LogP contribution in [0.2, 0.25) is 0 Å². The Labute approximate surface area is 111 Å². The Bertz CT molecular complexity index is 458. The molecule has 0 aliphatic carbocycles. The van der Waals surface area contributed by atoms with Crippen molar-refractivity contribution in [3.8, 4) is 5.75 Å². The van der Waals surface area contributed by atoms with Gasteiger partial charge in [-0.15, -0.1) is 0 Å². The Morgan fingerprint density at radius 3 is 2.84 bits per heavy atom. The van der Waals surface area contributed by atoms with Gasteiger partial charge < -0.3 is 20.1 Å². The number of ether oxygens (including phenoxy) is 2. The van der Waals surface area contributed by atoms with E-state index in [0.29, 0.717) is 6.54 Å². The van der Waals surface area contributed by atoms with E-state index in [0.717, 1.165) is 11.3 Å². The van der Waals surface area contributed by atoms with Crippen LogP contribution >= 0.6 is 0 Å². The Hall–Kier alpha value is -2.08. The van der Waals surface area contributed by atoms with Crippen molar-refractivity contribution in [1.29, 1.82) is 0 Å². The SMILES string of the molecule is COc1ccc(CNC(=O)C2COCC(=O)N2)cc1. The summed E-state index contributed by atoms with van der Waals surface area (Å²) in [6.45, 7) is 0.623. The Kier molecular flexibility index (Phi) is 4.35. The van der Waals surface area contributed by atoms with Gasteiger partial charge in [0.1, 0.15) is 18.4 Å². The molecule has 6 heteroatoms. The van der Waals surface area contributed by atoms with Crippen molar-refractivity contribution >= 4 is 11.8 Å². The predicted molar refractivity (Wildman–Crippen MR) is 67.6 cm³/mol. The fourth-order valence-corrected chi connectivity index (χ4v) is 1.74. The monoisotopic (exact) mass is 264 g/mol. The lowest BCUT2D eigenvalue weighted by molar-refractivity contribution is -0.138. The molecule has 1 aromatic rings. The summed E-state index contributed by atoms with van der Waals surface area (Å²) in [5.74, 6) is 0.253. The van der Waals surface area contributed by atoms with Crippen molar-refractivity contribution in [2.45, 2.75) is 12.6 Å². The van der Waals surface area contributed by atoms with Crippen molar-refractivity contribution in [3.05, 3.63) is 29.8 Å². The third kappa shape index (κ3) is 3.69. The molecule has 1 unspecified atom stereocenters. The molecule has 1 aliphatic heterocycles. The number of hydrogen-bond donors (Lipinski definition) is 2. The summed E-state index contributed by atoms with van der Waals surface area (Å²) in [5, 5.41) is 5.33. The van der Waals surface area contributed by atoms with Crippen molar-refractivity contribution in [2.75, 3.05) is 20.3 Å². The van der Waals surface area contributed by atoms with E-state index in [-0.39, 0.29) is 25.0 Å². The van der Waals surface area contributed by atoms with Crippen LogP contribution in [0, 0.1) is 0 Å². The van der Waals surface area contributed by atoms with E-state index >= 15 is 0 Å². The number of amides is 2.